The van der Waals surface area contributed by atoms with Crippen molar-refractivity contribution in [3.63, 3.8) is 0 Å². The van der Waals surface area contributed by atoms with Crippen molar-refractivity contribution in [2.75, 3.05) is 4.90 Å². The lowest BCUT2D eigenvalue weighted by Gasteiger charge is -2.27. The Hall–Kier alpha value is -7.36. The monoisotopic (exact) mass is 702 g/mol. The van der Waals surface area contributed by atoms with Crippen molar-refractivity contribution in [2.24, 2.45) is 0 Å². The fourth-order valence-electron chi connectivity index (χ4n) is 8.43. The molecule has 0 bridgehead atoms. The Kier molecular flexibility index (Phi) is 7.17. The van der Waals surface area contributed by atoms with Crippen LogP contribution in [0.15, 0.2) is 211 Å². The predicted octanol–water partition coefficient (Wildman–Crippen LogP) is 14.6. The number of hydrogen-bond acceptors (Lipinski definition) is 2. The molecule has 0 N–H and O–H groups in total. The SMILES string of the molecule is c1ccc(-c2cccc(-c3ccc(N(c4cccc(-n5c6ccccc6c6ccccc65)c4)c4cccc5oc6c7ccccc7ccc6c45)cc3)c2)cc1. The molecule has 3 nitrogen and oxygen atoms in total. The number of anilines is 3. The number of nitrogens with zero attached hydrogens (tertiary/aromatic N) is 2. The van der Waals surface area contributed by atoms with E-state index in [-0.39, 0.29) is 0 Å². The zero-order valence-corrected chi connectivity index (χ0v) is 29.9. The normalized spacial score (nSPS) is 11.6. The van der Waals surface area contributed by atoms with Crippen LogP contribution in [0.1, 0.15) is 0 Å². The largest absolute Gasteiger partial charge is 0.455 e. The van der Waals surface area contributed by atoms with E-state index in [2.05, 4.69) is 216 Å². The van der Waals surface area contributed by atoms with Crippen LogP contribution in [0.3, 0.4) is 0 Å². The van der Waals surface area contributed by atoms with E-state index in [0.29, 0.717) is 0 Å². The number of fused-ring (bicyclic) bond motifs is 8. The first-order valence-electron chi connectivity index (χ1n) is 18.8. The molecular formula is C52H34N2O. The molecule has 0 radical (unpaired) electrons. The van der Waals surface area contributed by atoms with Gasteiger partial charge in [0.05, 0.1) is 22.1 Å². The molecular weight excluding hydrogens is 669 g/mol. The van der Waals surface area contributed by atoms with Crippen LogP contribution in [-0.2, 0) is 0 Å². The van der Waals surface area contributed by atoms with Gasteiger partial charge in [0.15, 0.2) is 0 Å². The van der Waals surface area contributed by atoms with Crippen LogP contribution in [0.2, 0.25) is 0 Å². The molecule has 0 aliphatic heterocycles. The van der Waals surface area contributed by atoms with Gasteiger partial charge in [-0.05, 0) is 94.4 Å². The fraction of sp³-hybridized carbons (Fsp3) is 0. The van der Waals surface area contributed by atoms with Crippen molar-refractivity contribution >= 4 is 71.6 Å². The first kappa shape index (κ1) is 31.2. The Balaban J connectivity index is 1.11. The minimum absolute atomic E-state index is 0.863. The summed E-state index contributed by atoms with van der Waals surface area (Å²) in [5, 5.41) is 6.96. The Labute approximate surface area is 318 Å². The Morgan fingerprint density at radius 2 is 1.00 bits per heavy atom. The third-order valence-electron chi connectivity index (χ3n) is 11.0. The molecule has 0 unspecified atom stereocenters. The Morgan fingerprint density at radius 1 is 0.382 bits per heavy atom. The standard InChI is InChI=1S/C52H34N2O/c1-2-13-35(14-3-1)38-16-10-17-39(33-38)36-27-30-40(31-28-36)53(49-25-12-26-50-51(49)46-32-29-37-15-4-5-20-43(37)52(46)55-50)41-18-11-19-42(34-41)54-47-23-8-6-21-44(47)45-22-7-9-24-48(45)54/h1-34H. The third kappa shape index (κ3) is 5.13. The number of hydrogen-bond donors (Lipinski definition) is 0. The molecule has 55 heavy (non-hydrogen) atoms. The molecule has 0 fully saturated rings. The molecule has 0 saturated carbocycles. The van der Waals surface area contributed by atoms with Gasteiger partial charge in [0.2, 0.25) is 0 Å². The van der Waals surface area contributed by atoms with Crippen molar-refractivity contribution in [3.05, 3.63) is 206 Å². The van der Waals surface area contributed by atoms with Crippen LogP contribution < -0.4 is 4.90 Å². The van der Waals surface area contributed by atoms with Crippen LogP contribution in [0, 0.1) is 0 Å². The van der Waals surface area contributed by atoms with Gasteiger partial charge in [-0.15, -0.1) is 0 Å². The average molecular weight is 703 g/mol. The smallest absolute Gasteiger partial charge is 0.143 e. The maximum Gasteiger partial charge on any atom is 0.143 e. The molecule has 11 aromatic rings. The quantitative estimate of drug-likeness (QED) is 0.172. The highest BCUT2D eigenvalue weighted by Gasteiger charge is 2.21. The highest BCUT2D eigenvalue weighted by Crippen LogP contribution is 2.45. The molecule has 0 amide bonds. The van der Waals surface area contributed by atoms with Crippen LogP contribution >= 0.6 is 0 Å². The summed E-state index contributed by atoms with van der Waals surface area (Å²) in [4.78, 5) is 2.38. The molecule has 3 heteroatoms. The summed E-state index contributed by atoms with van der Waals surface area (Å²) in [6.07, 6.45) is 0. The van der Waals surface area contributed by atoms with Crippen molar-refractivity contribution in [1.29, 1.82) is 0 Å². The third-order valence-corrected chi connectivity index (χ3v) is 11.0. The lowest BCUT2D eigenvalue weighted by atomic mass is 9.98. The summed E-state index contributed by atoms with van der Waals surface area (Å²) < 4.78 is 9.09. The first-order valence-corrected chi connectivity index (χ1v) is 18.8. The summed E-state index contributed by atoms with van der Waals surface area (Å²) >= 11 is 0. The maximum atomic E-state index is 6.70. The number of rotatable bonds is 6. The topological polar surface area (TPSA) is 21.3 Å². The molecule has 2 aromatic heterocycles. The first-order chi connectivity index (χ1) is 27.3. The summed E-state index contributed by atoms with van der Waals surface area (Å²) in [7, 11) is 0. The van der Waals surface area contributed by atoms with E-state index in [0.717, 1.165) is 50.1 Å². The molecule has 0 aliphatic rings. The minimum Gasteiger partial charge on any atom is -0.455 e. The van der Waals surface area contributed by atoms with Crippen molar-refractivity contribution in [2.45, 2.75) is 0 Å². The Bertz CT molecular complexity index is 3150. The molecule has 2 heterocycles. The van der Waals surface area contributed by atoms with Gasteiger partial charge in [0.25, 0.3) is 0 Å². The fourth-order valence-corrected chi connectivity index (χ4v) is 8.43. The highest BCUT2D eigenvalue weighted by atomic mass is 16.3. The molecule has 0 aliphatic carbocycles. The van der Waals surface area contributed by atoms with Gasteiger partial charge in [0.1, 0.15) is 11.2 Å². The van der Waals surface area contributed by atoms with E-state index in [1.807, 2.05) is 0 Å². The number of benzene rings is 9. The van der Waals surface area contributed by atoms with E-state index in [9.17, 15) is 0 Å². The number of furan rings is 1. The van der Waals surface area contributed by atoms with Crippen LogP contribution in [-0.4, -0.2) is 4.57 Å². The van der Waals surface area contributed by atoms with Gasteiger partial charge >= 0.3 is 0 Å². The molecule has 11 rings (SSSR count). The summed E-state index contributed by atoms with van der Waals surface area (Å²) in [5.74, 6) is 0. The van der Waals surface area contributed by atoms with Gasteiger partial charge < -0.3 is 13.9 Å². The summed E-state index contributed by atoms with van der Waals surface area (Å²) in [6.45, 7) is 0. The van der Waals surface area contributed by atoms with E-state index in [1.54, 1.807) is 0 Å². The van der Waals surface area contributed by atoms with Crippen molar-refractivity contribution in [3.8, 4) is 27.9 Å². The van der Waals surface area contributed by atoms with E-state index in [4.69, 9.17) is 4.42 Å². The number of para-hydroxylation sites is 2. The zero-order chi connectivity index (χ0) is 36.3. The van der Waals surface area contributed by atoms with Gasteiger partial charge in [0, 0.05) is 38.6 Å². The second kappa shape index (κ2) is 12.6. The van der Waals surface area contributed by atoms with Gasteiger partial charge in [-0.25, -0.2) is 0 Å². The zero-order valence-electron chi connectivity index (χ0n) is 29.9. The highest BCUT2D eigenvalue weighted by molar-refractivity contribution is 6.19. The van der Waals surface area contributed by atoms with E-state index >= 15 is 0 Å². The van der Waals surface area contributed by atoms with Crippen LogP contribution in [0.25, 0.3) is 82.5 Å². The molecule has 0 spiro atoms. The van der Waals surface area contributed by atoms with E-state index < -0.39 is 0 Å². The minimum atomic E-state index is 0.863. The van der Waals surface area contributed by atoms with Crippen molar-refractivity contribution in [1.82, 2.24) is 4.57 Å². The molecule has 0 saturated heterocycles. The summed E-state index contributed by atoms with van der Waals surface area (Å²) in [6, 6.07) is 73.9. The lowest BCUT2D eigenvalue weighted by Crippen LogP contribution is -2.11. The molecule has 0 atom stereocenters. The van der Waals surface area contributed by atoms with Crippen molar-refractivity contribution < 1.29 is 4.42 Å². The summed E-state index contributed by atoms with van der Waals surface area (Å²) in [5.41, 5.74) is 13.2. The Morgan fingerprint density at radius 3 is 1.76 bits per heavy atom. The van der Waals surface area contributed by atoms with Gasteiger partial charge in [-0.2, -0.15) is 0 Å². The maximum absolute atomic E-state index is 6.70. The molecule has 258 valence electrons. The molecule has 9 aromatic carbocycles. The second-order valence-corrected chi connectivity index (χ2v) is 14.1. The van der Waals surface area contributed by atoms with Crippen LogP contribution in [0.5, 0.6) is 0 Å². The van der Waals surface area contributed by atoms with E-state index in [1.165, 1.54) is 49.4 Å². The van der Waals surface area contributed by atoms with Crippen LogP contribution in [0.4, 0.5) is 17.1 Å². The van der Waals surface area contributed by atoms with Gasteiger partial charge in [-0.1, -0.05) is 140 Å². The lowest BCUT2D eigenvalue weighted by molar-refractivity contribution is 0.672. The average Bonchev–Trinajstić information content (AvgIpc) is 3.81. The number of aromatic nitrogens is 1. The van der Waals surface area contributed by atoms with Gasteiger partial charge in [-0.3, -0.25) is 0 Å². The predicted molar refractivity (Wildman–Crippen MR) is 231 cm³/mol. The second-order valence-electron chi connectivity index (χ2n) is 14.1.